The zero-order valence-electron chi connectivity index (χ0n) is 15.3. The van der Waals surface area contributed by atoms with Crippen molar-refractivity contribution in [2.24, 2.45) is 5.73 Å². The molecule has 138 valence electrons. The lowest BCUT2D eigenvalue weighted by Crippen LogP contribution is -2.19. The smallest absolute Gasteiger partial charge is 0.241 e. The number of ketones is 1. The van der Waals surface area contributed by atoms with E-state index in [1.807, 2.05) is 0 Å². The summed E-state index contributed by atoms with van der Waals surface area (Å²) in [5.74, 6) is -0.698. The van der Waals surface area contributed by atoms with Crippen molar-refractivity contribution in [1.82, 2.24) is 15.0 Å². The van der Waals surface area contributed by atoms with E-state index >= 15 is 0 Å². The van der Waals surface area contributed by atoms with E-state index in [9.17, 15) is 14.7 Å². The number of nitrogens with two attached hydrogens (primary N) is 1. The van der Waals surface area contributed by atoms with E-state index < -0.39 is 11.5 Å². The molecule has 0 fully saturated rings. The molecule has 1 amide bonds. The molecular weight excluding hydrogens is 344 g/mol. The third kappa shape index (κ3) is 3.78. The number of hydrogen-bond acceptors (Lipinski definition) is 5. The maximum absolute atomic E-state index is 12.1. The third-order valence-corrected chi connectivity index (χ3v) is 4.19. The number of carbonyl (C=O) groups excluding carboxylic acids is 2. The summed E-state index contributed by atoms with van der Waals surface area (Å²) in [5.41, 5.74) is 8.11. The monoisotopic (exact) mass is 364 g/mol. The Morgan fingerprint density at radius 2 is 2.04 bits per heavy atom. The maximum Gasteiger partial charge on any atom is 0.241 e. The quantitative estimate of drug-likeness (QED) is 0.474. The Hall–Kier alpha value is -3.32. The summed E-state index contributed by atoms with van der Waals surface area (Å²) in [6.45, 7) is 4.73. The molecule has 0 aliphatic carbocycles. The standard InChI is InChI=1S/C20H20N4O3/c1-11(25)14-8-12(4-6-15(14)20(2,3)27)16-10-23-19-18(24-16)13(9-22-19)5-7-17(21)26/h4-10,27H,1-3H3,(H2,21,26)(H,22,23)/b7-5+. The van der Waals surface area contributed by atoms with Crippen LogP contribution in [-0.4, -0.2) is 31.7 Å². The second-order valence-corrected chi connectivity index (χ2v) is 6.81. The van der Waals surface area contributed by atoms with Gasteiger partial charge in [-0.1, -0.05) is 12.1 Å². The van der Waals surface area contributed by atoms with Gasteiger partial charge in [-0.2, -0.15) is 0 Å². The van der Waals surface area contributed by atoms with E-state index in [1.165, 1.54) is 13.0 Å². The number of nitrogens with zero attached hydrogens (tertiary/aromatic N) is 2. The Morgan fingerprint density at radius 1 is 1.30 bits per heavy atom. The minimum Gasteiger partial charge on any atom is -0.386 e. The van der Waals surface area contributed by atoms with Crippen molar-refractivity contribution in [2.75, 3.05) is 0 Å². The Balaban J connectivity index is 2.12. The van der Waals surface area contributed by atoms with Crippen molar-refractivity contribution < 1.29 is 14.7 Å². The molecule has 7 heteroatoms. The van der Waals surface area contributed by atoms with Gasteiger partial charge in [0.25, 0.3) is 0 Å². The van der Waals surface area contributed by atoms with E-state index in [0.29, 0.717) is 39.1 Å². The van der Waals surface area contributed by atoms with Crippen LogP contribution in [0.25, 0.3) is 28.5 Å². The highest BCUT2D eigenvalue weighted by molar-refractivity contribution is 5.97. The first-order valence-corrected chi connectivity index (χ1v) is 8.36. The SMILES string of the molecule is CC(=O)c1cc(-c2cnc3[nH]cc(/C=C/C(N)=O)c3n2)ccc1C(C)(C)O. The number of primary amides is 1. The molecule has 0 saturated carbocycles. The van der Waals surface area contributed by atoms with Crippen molar-refractivity contribution in [3.05, 3.63) is 53.4 Å². The maximum atomic E-state index is 12.1. The summed E-state index contributed by atoms with van der Waals surface area (Å²) < 4.78 is 0. The van der Waals surface area contributed by atoms with Gasteiger partial charge in [0, 0.05) is 29.0 Å². The molecule has 0 aliphatic rings. The summed E-state index contributed by atoms with van der Waals surface area (Å²) >= 11 is 0. The number of nitrogens with one attached hydrogen (secondary N) is 1. The minimum absolute atomic E-state index is 0.144. The Labute approximate surface area is 156 Å². The fourth-order valence-electron chi connectivity index (χ4n) is 2.88. The van der Waals surface area contributed by atoms with E-state index in [0.717, 1.165) is 0 Å². The van der Waals surface area contributed by atoms with E-state index in [-0.39, 0.29) is 5.78 Å². The van der Waals surface area contributed by atoms with Crippen LogP contribution in [0.3, 0.4) is 0 Å². The lowest BCUT2D eigenvalue weighted by molar-refractivity contribution is -0.113. The average Bonchev–Trinajstić information content (AvgIpc) is 3.00. The van der Waals surface area contributed by atoms with Gasteiger partial charge in [-0.05, 0) is 38.5 Å². The molecule has 2 heterocycles. The zero-order valence-corrected chi connectivity index (χ0v) is 15.3. The van der Waals surface area contributed by atoms with Gasteiger partial charge < -0.3 is 15.8 Å². The third-order valence-electron chi connectivity index (χ3n) is 4.19. The van der Waals surface area contributed by atoms with Gasteiger partial charge in [-0.15, -0.1) is 0 Å². The number of aliphatic hydroxyl groups is 1. The fourth-order valence-corrected chi connectivity index (χ4v) is 2.88. The summed E-state index contributed by atoms with van der Waals surface area (Å²) in [6.07, 6.45) is 6.11. The molecule has 0 bridgehead atoms. The first kappa shape index (κ1) is 18.5. The van der Waals surface area contributed by atoms with Crippen molar-refractivity contribution >= 4 is 28.9 Å². The molecule has 3 aromatic rings. The van der Waals surface area contributed by atoms with Crippen LogP contribution in [0.4, 0.5) is 0 Å². The Morgan fingerprint density at radius 3 is 2.67 bits per heavy atom. The molecule has 0 spiro atoms. The van der Waals surface area contributed by atoms with Gasteiger partial charge >= 0.3 is 0 Å². The average molecular weight is 364 g/mol. The molecule has 27 heavy (non-hydrogen) atoms. The van der Waals surface area contributed by atoms with Gasteiger partial charge in [0.1, 0.15) is 5.52 Å². The molecule has 1 aromatic carbocycles. The number of aromatic nitrogens is 3. The summed E-state index contributed by atoms with van der Waals surface area (Å²) in [4.78, 5) is 35.0. The number of benzene rings is 1. The fraction of sp³-hybridized carbons (Fsp3) is 0.200. The van der Waals surface area contributed by atoms with Crippen LogP contribution < -0.4 is 5.73 Å². The topological polar surface area (TPSA) is 122 Å². The van der Waals surface area contributed by atoms with Crippen LogP contribution in [0.1, 0.15) is 42.3 Å². The normalized spacial score (nSPS) is 12.0. The lowest BCUT2D eigenvalue weighted by Gasteiger charge is -2.21. The number of H-pyrrole nitrogens is 1. The number of aromatic amines is 1. The molecule has 0 saturated heterocycles. The molecule has 7 nitrogen and oxygen atoms in total. The zero-order chi connectivity index (χ0) is 19.8. The molecule has 2 aromatic heterocycles. The van der Waals surface area contributed by atoms with E-state index in [1.54, 1.807) is 50.5 Å². The lowest BCUT2D eigenvalue weighted by atomic mass is 9.89. The molecule has 4 N–H and O–H groups in total. The second kappa shape index (κ2) is 6.77. The van der Waals surface area contributed by atoms with Crippen molar-refractivity contribution in [1.29, 1.82) is 0 Å². The molecule has 0 unspecified atom stereocenters. The van der Waals surface area contributed by atoms with Crippen LogP contribution >= 0.6 is 0 Å². The van der Waals surface area contributed by atoms with E-state index in [2.05, 4.69) is 15.0 Å². The predicted octanol–water partition coefficient (Wildman–Crippen LogP) is 2.55. The highest BCUT2D eigenvalue weighted by Gasteiger charge is 2.22. The summed E-state index contributed by atoms with van der Waals surface area (Å²) in [6, 6.07) is 5.22. The van der Waals surface area contributed by atoms with Gasteiger partial charge in [0.05, 0.1) is 17.5 Å². The summed E-state index contributed by atoms with van der Waals surface area (Å²) in [7, 11) is 0. The number of carbonyl (C=O) groups is 2. The highest BCUT2D eigenvalue weighted by atomic mass is 16.3. The number of Topliss-reactive ketones (excluding diaryl/α,β-unsaturated/α-hetero) is 1. The number of fused-ring (bicyclic) bond motifs is 1. The largest absolute Gasteiger partial charge is 0.386 e. The molecule has 3 rings (SSSR count). The minimum atomic E-state index is -1.14. The van der Waals surface area contributed by atoms with Crippen molar-refractivity contribution in [3.8, 4) is 11.3 Å². The highest BCUT2D eigenvalue weighted by Crippen LogP contribution is 2.29. The van der Waals surface area contributed by atoms with Crippen LogP contribution in [0, 0.1) is 0 Å². The van der Waals surface area contributed by atoms with Crippen molar-refractivity contribution in [2.45, 2.75) is 26.4 Å². The van der Waals surface area contributed by atoms with Gasteiger partial charge in [-0.25, -0.2) is 9.97 Å². The Kier molecular flexibility index (Phi) is 4.63. The second-order valence-electron chi connectivity index (χ2n) is 6.81. The number of rotatable bonds is 5. The first-order chi connectivity index (χ1) is 12.7. The van der Waals surface area contributed by atoms with Gasteiger partial charge in [0.15, 0.2) is 11.4 Å². The summed E-state index contributed by atoms with van der Waals surface area (Å²) in [5, 5.41) is 10.3. The molecule has 0 radical (unpaired) electrons. The number of amides is 1. The van der Waals surface area contributed by atoms with E-state index in [4.69, 9.17) is 5.73 Å². The Bertz CT molecular complexity index is 1070. The molecular formula is C20H20N4O3. The first-order valence-electron chi connectivity index (χ1n) is 8.36. The van der Waals surface area contributed by atoms with Gasteiger partial charge in [0.2, 0.25) is 5.91 Å². The van der Waals surface area contributed by atoms with Crippen LogP contribution in [0.2, 0.25) is 0 Å². The molecule has 0 aliphatic heterocycles. The van der Waals surface area contributed by atoms with Crippen LogP contribution in [0.5, 0.6) is 0 Å². The van der Waals surface area contributed by atoms with Gasteiger partial charge in [-0.3, -0.25) is 9.59 Å². The van der Waals surface area contributed by atoms with Crippen LogP contribution in [-0.2, 0) is 10.4 Å². The molecule has 0 atom stereocenters. The predicted molar refractivity (Wildman–Crippen MR) is 103 cm³/mol. The van der Waals surface area contributed by atoms with Crippen LogP contribution in [0.15, 0.2) is 36.7 Å². The van der Waals surface area contributed by atoms with Crippen molar-refractivity contribution in [3.63, 3.8) is 0 Å². The number of hydrogen-bond donors (Lipinski definition) is 3.